The third kappa shape index (κ3) is 13.6. The Morgan fingerprint density at radius 2 is 0.984 bits per heavy atom. The smallest absolute Gasteiger partial charge is 0.323 e. The van der Waals surface area contributed by atoms with Crippen molar-refractivity contribution in [1.82, 2.24) is 0 Å². The fraction of sp³-hybridized carbons (Fsp3) is 0.0714. The number of aromatic hydroxyl groups is 3. The zero-order valence-electron chi connectivity index (χ0n) is 32.6. The number of aryl methyl sites for hydroxylation is 1. The van der Waals surface area contributed by atoms with E-state index >= 15 is 0 Å². The quantitative estimate of drug-likeness (QED) is 0.0695. The van der Waals surface area contributed by atoms with Gasteiger partial charge in [-0.25, -0.2) is 27.6 Å². The number of nitrogens with one attached hydrogen (secondary N) is 6. The highest BCUT2D eigenvalue weighted by Crippen LogP contribution is 2.36. The van der Waals surface area contributed by atoms with Gasteiger partial charge in [0.2, 0.25) is 6.79 Å². The standard InChI is InChI=1S/C14H10BrFN2O4.C14H12BrFN2O3.C14H12BrFN2O2/c15-7-3-9(16)13(19)10(4-7)18-14(20)17-8-1-2-11-12(5-8)22-6-21-11;1-21-10-4-2-3-9(7-10)17-14(20)18-12-6-8(15)5-11(16)13(12)19;1-8-4-2-3-5-11(8)17-14(20)18-12-7-9(15)6-10(16)13(12)19/h1-5,19H,6H2,(H2,17,18,20);2-7,19H,1H3,(H2,17,18,20);2-7,19H,1H3,(H2,17,18,20). The number of fused-ring (bicyclic) bond motifs is 1. The first kappa shape index (κ1) is 47.2. The van der Waals surface area contributed by atoms with Crippen LogP contribution in [0.5, 0.6) is 34.5 Å². The van der Waals surface area contributed by atoms with Crippen molar-refractivity contribution in [3.05, 3.63) is 140 Å². The molecule has 63 heavy (non-hydrogen) atoms. The van der Waals surface area contributed by atoms with Crippen molar-refractivity contribution in [2.45, 2.75) is 6.92 Å². The molecule has 0 radical (unpaired) electrons. The lowest BCUT2D eigenvalue weighted by Gasteiger charge is -2.11. The second-order valence-corrected chi connectivity index (χ2v) is 15.5. The third-order valence-corrected chi connectivity index (χ3v) is 9.55. The van der Waals surface area contributed by atoms with Gasteiger partial charge in [0, 0.05) is 42.6 Å². The summed E-state index contributed by atoms with van der Waals surface area (Å²) in [7, 11) is 1.52. The lowest BCUT2D eigenvalue weighted by atomic mass is 10.2. The van der Waals surface area contributed by atoms with Crippen molar-refractivity contribution in [2.75, 3.05) is 45.8 Å². The van der Waals surface area contributed by atoms with Crippen LogP contribution in [0.3, 0.4) is 0 Å². The average molecular weight is 1060 g/mol. The molecule has 6 aromatic rings. The number of hydrogen-bond donors (Lipinski definition) is 9. The molecule has 1 heterocycles. The summed E-state index contributed by atoms with van der Waals surface area (Å²) >= 11 is 9.26. The van der Waals surface area contributed by atoms with Gasteiger partial charge in [-0.15, -0.1) is 0 Å². The Bertz CT molecular complexity index is 2660. The van der Waals surface area contributed by atoms with Crippen molar-refractivity contribution < 1.29 is 57.1 Å². The molecule has 6 aromatic carbocycles. The maximum absolute atomic E-state index is 13.4. The molecule has 7 rings (SSSR count). The molecule has 328 valence electrons. The van der Waals surface area contributed by atoms with Gasteiger partial charge in [0.25, 0.3) is 0 Å². The third-order valence-electron chi connectivity index (χ3n) is 8.18. The lowest BCUT2D eigenvalue weighted by molar-refractivity contribution is 0.174. The number of carbonyl (C=O) groups excluding carboxylic acids is 3. The van der Waals surface area contributed by atoms with Crippen LogP contribution in [0.4, 0.5) is 61.7 Å². The summed E-state index contributed by atoms with van der Waals surface area (Å²) in [4.78, 5) is 35.6. The van der Waals surface area contributed by atoms with Gasteiger partial charge >= 0.3 is 18.1 Å². The Labute approximate surface area is 382 Å². The molecule has 15 nitrogen and oxygen atoms in total. The maximum Gasteiger partial charge on any atom is 0.323 e. The fourth-order valence-electron chi connectivity index (χ4n) is 5.22. The first-order chi connectivity index (χ1) is 30.0. The fourth-order valence-corrected chi connectivity index (χ4v) is 6.51. The molecule has 0 bridgehead atoms. The number of halogens is 6. The molecule has 1 aliphatic rings. The molecule has 21 heteroatoms. The van der Waals surface area contributed by atoms with E-state index in [1.165, 1.54) is 25.3 Å². The molecule has 9 N–H and O–H groups in total. The molecule has 6 amide bonds. The molecule has 0 fully saturated rings. The Morgan fingerprint density at radius 3 is 1.48 bits per heavy atom. The molecule has 0 spiro atoms. The van der Waals surface area contributed by atoms with Gasteiger partial charge in [-0.3, -0.25) is 0 Å². The molecule has 0 aliphatic carbocycles. The van der Waals surface area contributed by atoms with E-state index in [1.54, 1.807) is 54.6 Å². The van der Waals surface area contributed by atoms with Crippen molar-refractivity contribution in [3.63, 3.8) is 0 Å². The number of benzene rings is 6. The van der Waals surface area contributed by atoms with E-state index in [1.807, 2.05) is 19.1 Å². The minimum atomic E-state index is -0.840. The van der Waals surface area contributed by atoms with Crippen molar-refractivity contribution in [3.8, 4) is 34.5 Å². The number of hydrogen-bond acceptors (Lipinski definition) is 9. The monoisotopic (exact) mass is 1060 g/mol. The van der Waals surface area contributed by atoms with E-state index in [2.05, 4.69) is 79.7 Å². The SMILES string of the molecule is COc1cccc(NC(=O)Nc2cc(Br)cc(F)c2O)c1.Cc1ccccc1NC(=O)Nc1cc(Br)cc(F)c1O.O=C(Nc1ccc2c(c1)OCO2)Nc1cc(Br)cc(F)c1O. The topological polar surface area (TPSA) is 212 Å². The number of para-hydroxylation sites is 1. The Hall–Kier alpha value is -6.84. The van der Waals surface area contributed by atoms with Crippen LogP contribution < -0.4 is 46.1 Å². The minimum Gasteiger partial charge on any atom is -0.503 e. The van der Waals surface area contributed by atoms with Gasteiger partial charge in [0.05, 0.1) is 24.2 Å². The summed E-state index contributed by atoms with van der Waals surface area (Å²) in [5.41, 5.74) is 2.40. The van der Waals surface area contributed by atoms with Crippen LogP contribution in [0.2, 0.25) is 0 Å². The van der Waals surface area contributed by atoms with Crippen LogP contribution >= 0.6 is 47.8 Å². The molecule has 0 unspecified atom stereocenters. The van der Waals surface area contributed by atoms with Crippen LogP contribution in [-0.4, -0.2) is 47.3 Å². The number of phenols is 3. The highest BCUT2D eigenvalue weighted by atomic mass is 79.9. The van der Waals surface area contributed by atoms with Gasteiger partial charge < -0.3 is 61.4 Å². The number of rotatable bonds is 7. The Morgan fingerprint density at radius 1 is 0.540 bits per heavy atom. The van der Waals surface area contributed by atoms with Crippen LogP contribution in [0.25, 0.3) is 0 Å². The number of anilines is 6. The second kappa shape index (κ2) is 21.8. The van der Waals surface area contributed by atoms with Crippen molar-refractivity contribution in [2.24, 2.45) is 0 Å². The van der Waals surface area contributed by atoms with E-state index in [0.29, 0.717) is 47.7 Å². The Balaban J connectivity index is 0.000000178. The van der Waals surface area contributed by atoms with E-state index in [9.17, 15) is 42.9 Å². The number of ether oxygens (including phenoxy) is 3. The average Bonchev–Trinajstić information content (AvgIpc) is 3.70. The number of phenolic OH excluding ortho intramolecular Hbond substituents is 3. The van der Waals surface area contributed by atoms with Crippen LogP contribution in [0, 0.1) is 24.4 Å². The summed E-state index contributed by atoms with van der Waals surface area (Å²) in [6.45, 7) is 1.99. The molecular formula is C42H34Br3F3N6O9. The first-order valence-corrected chi connectivity index (χ1v) is 20.2. The molecule has 1 aliphatic heterocycles. The molecule has 0 saturated heterocycles. The van der Waals surface area contributed by atoms with Gasteiger partial charge in [0.15, 0.2) is 46.2 Å². The zero-order valence-corrected chi connectivity index (χ0v) is 37.3. The largest absolute Gasteiger partial charge is 0.503 e. The normalized spacial score (nSPS) is 10.8. The van der Waals surface area contributed by atoms with Gasteiger partial charge in [-0.1, -0.05) is 72.1 Å². The van der Waals surface area contributed by atoms with Gasteiger partial charge in [-0.05, 0) is 79.2 Å². The summed E-state index contributed by atoms with van der Waals surface area (Å²) in [6, 6.07) is 24.6. The van der Waals surface area contributed by atoms with Crippen LogP contribution in [0.1, 0.15) is 5.56 Å². The van der Waals surface area contributed by atoms with Gasteiger partial charge in [-0.2, -0.15) is 0 Å². The Kier molecular flexibility index (Phi) is 16.3. The summed E-state index contributed by atoms with van der Waals surface area (Å²) < 4.78 is 56.7. The van der Waals surface area contributed by atoms with E-state index in [-0.39, 0.29) is 23.9 Å². The number of methoxy groups -OCH3 is 1. The van der Waals surface area contributed by atoms with Crippen molar-refractivity contribution in [1.29, 1.82) is 0 Å². The van der Waals surface area contributed by atoms with E-state index < -0.39 is 52.8 Å². The summed E-state index contributed by atoms with van der Waals surface area (Å²) in [5.74, 6) is -2.65. The number of carbonyl (C=O) groups is 3. The van der Waals surface area contributed by atoms with Crippen LogP contribution in [0.15, 0.2) is 117 Å². The van der Waals surface area contributed by atoms with E-state index in [4.69, 9.17) is 14.2 Å². The highest BCUT2D eigenvalue weighted by Gasteiger charge is 2.17. The minimum absolute atomic E-state index is 0.0111. The predicted octanol–water partition coefficient (Wildman–Crippen LogP) is 11.9. The zero-order chi connectivity index (χ0) is 45.8. The predicted molar refractivity (Wildman–Crippen MR) is 242 cm³/mol. The second-order valence-electron chi connectivity index (χ2n) is 12.7. The maximum atomic E-state index is 13.4. The molecule has 0 atom stereocenters. The van der Waals surface area contributed by atoms with Crippen molar-refractivity contribution >= 4 is 100 Å². The lowest BCUT2D eigenvalue weighted by Crippen LogP contribution is -2.20. The highest BCUT2D eigenvalue weighted by molar-refractivity contribution is 9.11. The molecular weight excluding hydrogens is 1030 g/mol. The number of amides is 6. The molecule has 0 aromatic heterocycles. The molecule has 0 saturated carbocycles. The van der Waals surface area contributed by atoms with Gasteiger partial charge in [0.1, 0.15) is 5.75 Å². The summed E-state index contributed by atoms with van der Waals surface area (Å²) in [5, 5.41) is 43.6. The number of urea groups is 3. The van der Waals surface area contributed by atoms with E-state index in [0.717, 1.165) is 23.8 Å². The summed E-state index contributed by atoms with van der Waals surface area (Å²) in [6.07, 6.45) is 0. The first-order valence-electron chi connectivity index (χ1n) is 17.9. The van der Waals surface area contributed by atoms with Crippen LogP contribution in [-0.2, 0) is 0 Å².